The molecule has 3 nitrogen and oxygen atoms in total. The standard InChI is InChI=1S/C11H15NO2.ClH/c12-5-9-1-3-10(4-2-9)6-14-11-7-13-8-11;/h1-4,11H,5-8,12H2;1H. The molecule has 1 aliphatic rings. The van der Waals surface area contributed by atoms with E-state index in [2.05, 4.69) is 12.1 Å². The van der Waals surface area contributed by atoms with Crippen LogP contribution in [-0.2, 0) is 22.6 Å². The molecule has 0 aromatic heterocycles. The van der Waals surface area contributed by atoms with Crippen molar-refractivity contribution in [2.24, 2.45) is 5.73 Å². The Balaban J connectivity index is 0.00000112. The lowest BCUT2D eigenvalue weighted by Gasteiger charge is -2.25. The van der Waals surface area contributed by atoms with E-state index in [0.717, 1.165) is 18.8 Å². The highest BCUT2D eigenvalue weighted by molar-refractivity contribution is 5.85. The lowest BCUT2D eigenvalue weighted by molar-refractivity contribution is -0.135. The van der Waals surface area contributed by atoms with Gasteiger partial charge in [-0.3, -0.25) is 0 Å². The molecule has 2 N–H and O–H groups in total. The topological polar surface area (TPSA) is 44.5 Å². The molecule has 1 fully saturated rings. The first-order chi connectivity index (χ1) is 6.88. The summed E-state index contributed by atoms with van der Waals surface area (Å²) in [7, 11) is 0. The molecular formula is C11H16ClNO2. The van der Waals surface area contributed by atoms with Gasteiger partial charge in [0.1, 0.15) is 6.10 Å². The zero-order chi connectivity index (χ0) is 9.80. The third-order valence-corrected chi connectivity index (χ3v) is 2.35. The molecule has 0 bridgehead atoms. The zero-order valence-electron chi connectivity index (χ0n) is 8.52. The lowest BCUT2D eigenvalue weighted by Crippen LogP contribution is -2.35. The van der Waals surface area contributed by atoms with Gasteiger partial charge in [0.05, 0.1) is 19.8 Å². The van der Waals surface area contributed by atoms with E-state index in [1.807, 2.05) is 12.1 Å². The molecule has 1 aromatic carbocycles. The van der Waals surface area contributed by atoms with E-state index in [9.17, 15) is 0 Å². The van der Waals surface area contributed by atoms with Crippen molar-refractivity contribution in [2.75, 3.05) is 13.2 Å². The van der Waals surface area contributed by atoms with Gasteiger partial charge < -0.3 is 15.2 Å². The van der Waals surface area contributed by atoms with Gasteiger partial charge in [-0.15, -0.1) is 12.4 Å². The van der Waals surface area contributed by atoms with Gasteiger partial charge in [-0.1, -0.05) is 24.3 Å². The van der Waals surface area contributed by atoms with Gasteiger partial charge in [-0.05, 0) is 11.1 Å². The van der Waals surface area contributed by atoms with Crippen LogP contribution in [0.25, 0.3) is 0 Å². The zero-order valence-corrected chi connectivity index (χ0v) is 9.33. The van der Waals surface area contributed by atoms with Crippen LogP contribution in [0.15, 0.2) is 24.3 Å². The van der Waals surface area contributed by atoms with E-state index in [4.69, 9.17) is 15.2 Å². The van der Waals surface area contributed by atoms with Gasteiger partial charge in [-0.2, -0.15) is 0 Å². The summed E-state index contributed by atoms with van der Waals surface area (Å²) in [4.78, 5) is 0. The van der Waals surface area contributed by atoms with Crippen LogP contribution in [0.5, 0.6) is 0 Å². The van der Waals surface area contributed by atoms with E-state index >= 15 is 0 Å². The number of benzene rings is 1. The van der Waals surface area contributed by atoms with E-state index in [0.29, 0.717) is 19.3 Å². The average molecular weight is 230 g/mol. The Bertz CT molecular complexity index is 285. The normalized spacial score (nSPS) is 15.5. The summed E-state index contributed by atoms with van der Waals surface area (Å²) in [6, 6.07) is 8.19. The number of hydrogen-bond donors (Lipinski definition) is 1. The number of rotatable bonds is 4. The molecule has 1 saturated heterocycles. The van der Waals surface area contributed by atoms with E-state index < -0.39 is 0 Å². The molecule has 0 unspecified atom stereocenters. The molecule has 4 heteroatoms. The maximum absolute atomic E-state index is 5.58. The fraction of sp³-hybridized carbons (Fsp3) is 0.455. The van der Waals surface area contributed by atoms with Crippen LogP contribution in [0.1, 0.15) is 11.1 Å². The monoisotopic (exact) mass is 229 g/mol. The third-order valence-electron chi connectivity index (χ3n) is 2.35. The first-order valence-corrected chi connectivity index (χ1v) is 4.85. The fourth-order valence-corrected chi connectivity index (χ4v) is 1.30. The van der Waals surface area contributed by atoms with Gasteiger partial charge in [0.25, 0.3) is 0 Å². The SMILES string of the molecule is Cl.NCc1ccc(COC2COC2)cc1. The first-order valence-electron chi connectivity index (χ1n) is 4.85. The molecular weight excluding hydrogens is 214 g/mol. The third kappa shape index (κ3) is 3.47. The van der Waals surface area contributed by atoms with Crippen LogP contribution in [0.4, 0.5) is 0 Å². The second kappa shape index (κ2) is 6.08. The summed E-state index contributed by atoms with van der Waals surface area (Å²) in [5.74, 6) is 0. The quantitative estimate of drug-likeness (QED) is 0.851. The number of nitrogens with two attached hydrogens (primary N) is 1. The summed E-state index contributed by atoms with van der Waals surface area (Å²) < 4.78 is 10.6. The minimum atomic E-state index is 0. The summed E-state index contributed by atoms with van der Waals surface area (Å²) >= 11 is 0. The smallest absolute Gasteiger partial charge is 0.105 e. The van der Waals surface area contributed by atoms with E-state index in [1.165, 1.54) is 5.56 Å². The van der Waals surface area contributed by atoms with Crippen LogP contribution in [0.2, 0.25) is 0 Å². The van der Waals surface area contributed by atoms with E-state index in [1.54, 1.807) is 0 Å². The summed E-state index contributed by atoms with van der Waals surface area (Å²) in [5.41, 5.74) is 7.85. The predicted octanol–water partition coefficient (Wildman–Crippen LogP) is 1.48. The molecule has 0 aliphatic carbocycles. The number of halogens is 1. The van der Waals surface area contributed by atoms with Crippen molar-refractivity contribution in [1.29, 1.82) is 0 Å². The molecule has 1 heterocycles. The second-order valence-corrected chi connectivity index (χ2v) is 3.49. The minimum absolute atomic E-state index is 0. The van der Waals surface area contributed by atoms with Crippen LogP contribution in [0.3, 0.4) is 0 Å². The largest absolute Gasteiger partial charge is 0.376 e. The van der Waals surface area contributed by atoms with Gasteiger partial charge >= 0.3 is 0 Å². The molecule has 15 heavy (non-hydrogen) atoms. The average Bonchev–Trinajstić information content (AvgIpc) is 2.16. The highest BCUT2D eigenvalue weighted by Crippen LogP contribution is 2.10. The maximum Gasteiger partial charge on any atom is 0.105 e. The fourth-order valence-electron chi connectivity index (χ4n) is 1.30. The molecule has 0 spiro atoms. The number of ether oxygens (including phenoxy) is 2. The van der Waals surface area contributed by atoms with Crippen molar-refractivity contribution in [2.45, 2.75) is 19.3 Å². The second-order valence-electron chi connectivity index (χ2n) is 3.49. The Morgan fingerprint density at radius 3 is 2.27 bits per heavy atom. The molecule has 0 atom stereocenters. The lowest BCUT2D eigenvalue weighted by atomic mass is 10.1. The van der Waals surface area contributed by atoms with Gasteiger partial charge in [0, 0.05) is 6.54 Å². The molecule has 84 valence electrons. The Hall–Kier alpha value is -0.610. The Labute approximate surface area is 96.0 Å². The Kier molecular flexibility index (Phi) is 5.05. The highest BCUT2D eigenvalue weighted by atomic mass is 35.5. The van der Waals surface area contributed by atoms with Crippen LogP contribution in [0, 0.1) is 0 Å². The van der Waals surface area contributed by atoms with Crippen molar-refractivity contribution >= 4 is 12.4 Å². The predicted molar refractivity (Wildman–Crippen MR) is 61.0 cm³/mol. The molecule has 2 rings (SSSR count). The van der Waals surface area contributed by atoms with Crippen LogP contribution < -0.4 is 5.73 Å². The van der Waals surface area contributed by atoms with Crippen molar-refractivity contribution in [3.05, 3.63) is 35.4 Å². The minimum Gasteiger partial charge on any atom is -0.376 e. The van der Waals surface area contributed by atoms with Crippen molar-refractivity contribution in [1.82, 2.24) is 0 Å². The maximum atomic E-state index is 5.58. The van der Waals surface area contributed by atoms with Gasteiger partial charge in [0.2, 0.25) is 0 Å². The first kappa shape index (κ1) is 12.5. The summed E-state index contributed by atoms with van der Waals surface area (Å²) in [6.07, 6.45) is 0.296. The molecule has 1 aromatic rings. The number of hydrogen-bond acceptors (Lipinski definition) is 3. The highest BCUT2D eigenvalue weighted by Gasteiger charge is 2.18. The van der Waals surface area contributed by atoms with Gasteiger partial charge in [0.15, 0.2) is 0 Å². The molecule has 1 aliphatic heterocycles. The van der Waals surface area contributed by atoms with E-state index in [-0.39, 0.29) is 12.4 Å². The van der Waals surface area contributed by atoms with Crippen LogP contribution >= 0.6 is 12.4 Å². The van der Waals surface area contributed by atoms with Crippen molar-refractivity contribution in [3.8, 4) is 0 Å². The Morgan fingerprint density at radius 2 is 1.80 bits per heavy atom. The summed E-state index contributed by atoms with van der Waals surface area (Å²) in [6.45, 7) is 2.73. The molecule has 0 amide bonds. The molecule has 0 saturated carbocycles. The Morgan fingerprint density at radius 1 is 1.20 bits per heavy atom. The summed E-state index contributed by atoms with van der Waals surface area (Å²) in [5, 5.41) is 0. The van der Waals surface area contributed by atoms with Crippen LogP contribution in [-0.4, -0.2) is 19.3 Å². The molecule has 0 radical (unpaired) electrons. The van der Waals surface area contributed by atoms with Crippen molar-refractivity contribution < 1.29 is 9.47 Å². The van der Waals surface area contributed by atoms with Crippen molar-refractivity contribution in [3.63, 3.8) is 0 Å². The van der Waals surface area contributed by atoms with Gasteiger partial charge in [-0.25, -0.2) is 0 Å².